The molecule has 0 aliphatic rings. The van der Waals surface area contributed by atoms with E-state index in [9.17, 15) is 4.79 Å². The van der Waals surface area contributed by atoms with Crippen molar-refractivity contribution in [3.05, 3.63) is 57.7 Å². The summed E-state index contributed by atoms with van der Waals surface area (Å²) in [5.74, 6) is 0.187. The summed E-state index contributed by atoms with van der Waals surface area (Å²) < 4.78 is 4.32. The van der Waals surface area contributed by atoms with Crippen LogP contribution in [0.15, 0.2) is 48.5 Å². The van der Waals surface area contributed by atoms with Crippen LogP contribution in [0.4, 0.5) is 5.69 Å². The van der Waals surface area contributed by atoms with Gasteiger partial charge in [-0.15, -0.1) is 0 Å². The number of halogens is 4. The highest BCUT2D eigenvalue weighted by Crippen LogP contribution is 2.30. The van der Waals surface area contributed by atoms with E-state index in [0.717, 1.165) is 3.57 Å². The molecule has 5 nitrogen and oxygen atoms in total. The molecule has 0 spiro atoms. The highest BCUT2D eigenvalue weighted by atomic mass is 127. The van der Waals surface area contributed by atoms with Crippen molar-refractivity contribution < 1.29 is 9.53 Å². The maximum absolute atomic E-state index is 12.5. The van der Waals surface area contributed by atoms with E-state index in [4.69, 9.17) is 51.8 Å². The highest BCUT2D eigenvalue weighted by Gasteiger charge is 2.35. The molecule has 2 rings (SSSR count). The van der Waals surface area contributed by atoms with E-state index in [2.05, 4.69) is 38.5 Å². The summed E-state index contributed by atoms with van der Waals surface area (Å²) in [6, 6.07) is 14.2. The smallest absolute Gasteiger partial charge is 0.253 e. The average Bonchev–Trinajstić information content (AvgIpc) is 2.60. The van der Waals surface area contributed by atoms with E-state index in [0.29, 0.717) is 17.0 Å². The van der Waals surface area contributed by atoms with Gasteiger partial charge in [0.2, 0.25) is 3.79 Å². The molecular weight excluding hydrogens is 544 g/mol. The first-order valence-corrected chi connectivity index (χ1v) is 10.2. The van der Waals surface area contributed by atoms with Crippen LogP contribution in [0.25, 0.3) is 0 Å². The van der Waals surface area contributed by atoms with Crippen molar-refractivity contribution in [1.82, 2.24) is 10.6 Å². The zero-order valence-corrected chi connectivity index (χ0v) is 19.2. The van der Waals surface area contributed by atoms with Crippen LogP contribution in [0, 0.1) is 3.57 Å². The van der Waals surface area contributed by atoms with Gasteiger partial charge in [-0.05, 0) is 65.1 Å². The molecule has 2 aromatic carbocycles. The fourth-order valence-electron chi connectivity index (χ4n) is 2.08. The lowest BCUT2D eigenvalue weighted by Crippen LogP contribution is -2.56. The molecule has 0 bridgehead atoms. The van der Waals surface area contributed by atoms with Crippen molar-refractivity contribution in [2.45, 2.75) is 9.96 Å². The molecule has 0 saturated heterocycles. The van der Waals surface area contributed by atoms with Crippen LogP contribution in [0.5, 0.6) is 5.75 Å². The monoisotopic (exact) mass is 557 g/mol. The highest BCUT2D eigenvalue weighted by molar-refractivity contribution is 14.1. The molecule has 0 radical (unpaired) electrons. The van der Waals surface area contributed by atoms with Gasteiger partial charge in [-0.1, -0.05) is 53.0 Å². The van der Waals surface area contributed by atoms with Crippen LogP contribution in [0.3, 0.4) is 0 Å². The molecule has 0 fully saturated rings. The number of carbonyl (C=O) groups excluding carboxylic acids is 1. The Morgan fingerprint density at radius 1 is 1.15 bits per heavy atom. The summed E-state index contributed by atoms with van der Waals surface area (Å²) in [6.07, 6.45) is -1.07. The lowest BCUT2D eigenvalue weighted by atomic mass is 10.2. The summed E-state index contributed by atoms with van der Waals surface area (Å²) in [7, 11) is 1.54. The maximum atomic E-state index is 12.5. The number of anilines is 1. The Morgan fingerprint density at radius 3 is 2.48 bits per heavy atom. The van der Waals surface area contributed by atoms with Crippen molar-refractivity contribution >= 4 is 86.3 Å². The third kappa shape index (κ3) is 6.83. The zero-order valence-electron chi connectivity index (χ0n) is 13.9. The van der Waals surface area contributed by atoms with Crippen LogP contribution in [-0.2, 0) is 0 Å². The maximum Gasteiger partial charge on any atom is 0.253 e. The number of methoxy groups -OCH3 is 1. The zero-order chi connectivity index (χ0) is 20.0. The quantitative estimate of drug-likeness (QED) is 0.215. The molecule has 0 saturated carbocycles. The first-order valence-electron chi connectivity index (χ1n) is 7.54. The van der Waals surface area contributed by atoms with E-state index in [1.807, 2.05) is 18.2 Å². The minimum atomic E-state index is -1.84. The molecule has 1 amide bonds. The third-order valence-electron chi connectivity index (χ3n) is 3.32. The number of hydrogen-bond donors (Lipinski definition) is 3. The molecule has 10 heteroatoms. The topological polar surface area (TPSA) is 62.4 Å². The van der Waals surface area contributed by atoms with E-state index in [1.54, 1.807) is 37.4 Å². The molecule has 0 aliphatic carbocycles. The fourth-order valence-corrected chi connectivity index (χ4v) is 3.18. The van der Waals surface area contributed by atoms with Gasteiger partial charge in [0.25, 0.3) is 5.91 Å². The van der Waals surface area contributed by atoms with Crippen LogP contribution in [-0.4, -0.2) is 28.1 Å². The van der Waals surface area contributed by atoms with Crippen molar-refractivity contribution in [3.63, 3.8) is 0 Å². The summed E-state index contributed by atoms with van der Waals surface area (Å²) in [5, 5.41) is 8.55. The van der Waals surface area contributed by atoms with Crippen molar-refractivity contribution in [2.75, 3.05) is 12.4 Å². The molecule has 3 N–H and O–H groups in total. The molecule has 1 atom stereocenters. The van der Waals surface area contributed by atoms with Crippen LogP contribution >= 0.6 is 69.6 Å². The number of hydrogen-bond acceptors (Lipinski definition) is 3. The van der Waals surface area contributed by atoms with Gasteiger partial charge in [-0.2, -0.15) is 0 Å². The second-order valence-electron chi connectivity index (χ2n) is 5.26. The number of alkyl halides is 3. The largest absolute Gasteiger partial charge is 0.495 e. The first-order chi connectivity index (χ1) is 12.7. The third-order valence-corrected chi connectivity index (χ3v) is 4.87. The summed E-state index contributed by atoms with van der Waals surface area (Å²) in [5.41, 5.74) is 1.07. The lowest BCUT2D eigenvalue weighted by Gasteiger charge is -2.28. The number of ether oxygens (including phenoxy) is 1. The standard InChI is InChI=1S/C17H15Cl3IN3O2S/c1-26-13-8-3-2-7-12(13)22-16(27)24-15(17(18,19)20)23-14(25)10-5-4-6-11(21)9-10/h2-9,15H,1H3,(H,23,25)(H2,22,24,27). The van der Waals surface area contributed by atoms with Gasteiger partial charge in [0.1, 0.15) is 11.9 Å². The van der Waals surface area contributed by atoms with Gasteiger partial charge in [-0.3, -0.25) is 4.79 Å². The molecule has 144 valence electrons. The molecule has 0 aromatic heterocycles. The van der Waals surface area contributed by atoms with Crippen LogP contribution in [0.2, 0.25) is 0 Å². The fraction of sp³-hybridized carbons (Fsp3) is 0.176. The molecule has 2 aromatic rings. The molecule has 27 heavy (non-hydrogen) atoms. The Hall–Kier alpha value is -1.000. The Morgan fingerprint density at radius 2 is 1.85 bits per heavy atom. The number of para-hydroxylation sites is 2. The number of amides is 1. The molecule has 0 heterocycles. The Kier molecular flexibility index (Phi) is 8.23. The summed E-state index contributed by atoms with van der Waals surface area (Å²) in [4.78, 5) is 12.5. The number of nitrogens with one attached hydrogen (secondary N) is 3. The summed E-state index contributed by atoms with van der Waals surface area (Å²) >= 11 is 25.4. The molecule has 1 unspecified atom stereocenters. The Labute approximate surface area is 191 Å². The molecular formula is C17H15Cl3IN3O2S. The molecule has 0 aliphatic heterocycles. The van der Waals surface area contributed by atoms with Gasteiger partial charge < -0.3 is 20.7 Å². The minimum absolute atomic E-state index is 0.152. The van der Waals surface area contributed by atoms with E-state index in [-0.39, 0.29) is 5.11 Å². The number of thiocarbonyl (C=S) groups is 1. The van der Waals surface area contributed by atoms with Gasteiger partial charge in [0, 0.05) is 9.13 Å². The Balaban J connectivity index is 2.10. The SMILES string of the molecule is COc1ccccc1NC(=S)NC(NC(=O)c1cccc(I)c1)C(Cl)(Cl)Cl. The predicted molar refractivity (Wildman–Crippen MR) is 123 cm³/mol. The van der Waals surface area contributed by atoms with E-state index >= 15 is 0 Å². The van der Waals surface area contributed by atoms with Gasteiger partial charge >= 0.3 is 0 Å². The minimum Gasteiger partial charge on any atom is -0.495 e. The predicted octanol–water partition coefficient (Wildman–Crippen LogP) is 4.71. The second-order valence-corrected chi connectivity index (χ2v) is 9.28. The number of benzene rings is 2. The van der Waals surface area contributed by atoms with Crippen LogP contribution < -0.4 is 20.7 Å². The Bertz CT molecular complexity index is 833. The lowest BCUT2D eigenvalue weighted by molar-refractivity contribution is 0.0934. The normalized spacial score (nSPS) is 12.0. The number of rotatable bonds is 5. The summed E-state index contributed by atoms with van der Waals surface area (Å²) in [6.45, 7) is 0. The van der Waals surface area contributed by atoms with Crippen molar-refractivity contribution in [3.8, 4) is 5.75 Å². The van der Waals surface area contributed by atoms with Crippen LogP contribution in [0.1, 0.15) is 10.4 Å². The van der Waals surface area contributed by atoms with Crippen molar-refractivity contribution in [1.29, 1.82) is 0 Å². The van der Waals surface area contributed by atoms with E-state index in [1.165, 1.54) is 0 Å². The first kappa shape index (κ1) is 22.3. The van der Waals surface area contributed by atoms with Gasteiger partial charge in [-0.25, -0.2) is 0 Å². The van der Waals surface area contributed by atoms with Crippen molar-refractivity contribution in [2.24, 2.45) is 0 Å². The van der Waals surface area contributed by atoms with Gasteiger partial charge in [0.05, 0.1) is 12.8 Å². The second kappa shape index (κ2) is 9.97. The average molecular weight is 559 g/mol. The number of carbonyl (C=O) groups is 1. The van der Waals surface area contributed by atoms with Gasteiger partial charge in [0.15, 0.2) is 5.11 Å². The van der Waals surface area contributed by atoms with E-state index < -0.39 is 15.9 Å².